The average Bonchev–Trinajstić information content (AvgIpc) is 2.85. The lowest BCUT2D eigenvalue weighted by molar-refractivity contribution is -0.153. The predicted octanol–water partition coefficient (Wildman–Crippen LogP) is 0.0386. The Morgan fingerprint density at radius 3 is 2.74 bits per heavy atom. The third-order valence-corrected chi connectivity index (χ3v) is 3.72. The van der Waals surface area contributed by atoms with Gasteiger partial charge in [-0.25, -0.2) is 9.97 Å². The van der Waals surface area contributed by atoms with Crippen LogP contribution in [-0.4, -0.2) is 57.2 Å². The molecule has 3 heterocycles. The maximum Gasteiger partial charge on any atom is 0.245 e. The molecule has 1 atom stereocenters. The number of hydrogen-bond acceptors (Lipinski definition) is 5. The molecule has 6 nitrogen and oxygen atoms in total. The van der Waals surface area contributed by atoms with Crippen LogP contribution in [0.25, 0.3) is 0 Å². The van der Waals surface area contributed by atoms with Gasteiger partial charge in [0.1, 0.15) is 6.04 Å². The first-order valence-electron chi connectivity index (χ1n) is 6.62. The molecule has 0 aromatic carbocycles. The van der Waals surface area contributed by atoms with Gasteiger partial charge >= 0.3 is 0 Å². The highest BCUT2D eigenvalue weighted by atomic mass is 16.3. The first kappa shape index (κ1) is 12.3. The van der Waals surface area contributed by atoms with Gasteiger partial charge in [-0.1, -0.05) is 0 Å². The standard InChI is InChI=1S/C13H18N4O2/c1-13(19)8-16(9-13)11(18)10-4-2-7-17(10)12-14-5-3-6-15-12/h3,5-6,10,19H,2,4,7-9H2,1H3. The summed E-state index contributed by atoms with van der Waals surface area (Å²) in [6.45, 7) is 3.41. The van der Waals surface area contributed by atoms with Crippen molar-refractivity contribution < 1.29 is 9.90 Å². The number of hydrogen-bond donors (Lipinski definition) is 1. The molecule has 102 valence electrons. The highest BCUT2D eigenvalue weighted by molar-refractivity contribution is 5.86. The second-order valence-electron chi connectivity index (χ2n) is 5.59. The minimum absolute atomic E-state index is 0.0801. The molecule has 0 saturated carbocycles. The minimum Gasteiger partial charge on any atom is -0.386 e. The van der Waals surface area contributed by atoms with Gasteiger partial charge in [-0.05, 0) is 25.8 Å². The fourth-order valence-electron chi connectivity index (χ4n) is 2.84. The third kappa shape index (κ3) is 2.28. The molecule has 0 radical (unpaired) electrons. The topological polar surface area (TPSA) is 69.6 Å². The van der Waals surface area contributed by atoms with E-state index in [1.54, 1.807) is 30.3 Å². The molecule has 1 aromatic heterocycles. The monoisotopic (exact) mass is 262 g/mol. The third-order valence-electron chi connectivity index (χ3n) is 3.72. The molecule has 0 bridgehead atoms. The lowest BCUT2D eigenvalue weighted by Gasteiger charge is -2.45. The van der Waals surface area contributed by atoms with Crippen LogP contribution < -0.4 is 4.90 Å². The van der Waals surface area contributed by atoms with Crippen LogP contribution in [0.2, 0.25) is 0 Å². The van der Waals surface area contributed by atoms with Gasteiger partial charge in [0.15, 0.2) is 0 Å². The number of aromatic nitrogens is 2. The Bertz CT molecular complexity index is 469. The molecule has 1 amide bonds. The molecule has 0 spiro atoms. The molecule has 3 rings (SSSR count). The average molecular weight is 262 g/mol. The smallest absolute Gasteiger partial charge is 0.245 e. The van der Waals surface area contributed by atoms with Crippen molar-refractivity contribution in [2.75, 3.05) is 24.5 Å². The number of likely N-dealkylation sites (tertiary alicyclic amines) is 1. The van der Waals surface area contributed by atoms with E-state index in [0.29, 0.717) is 19.0 Å². The molecule has 1 aromatic rings. The van der Waals surface area contributed by atoms with Gasteiger partial charge in [0.05, 0.1) is 18.7 Å². The van der Waals surface area contributed by atoms with Gasteiger partial charge in [-0.15, -0.1) is 0 Å². The number of amides is 1. The van der Waals surface area contributed by atoms with Crippen molar-refractivity contribution in [3.63, 3.8) is 0 Å². The van der Waals surface area contributed by atoms with Crippen molar-refractivity contribution in [1.29, 1.82) is 0 Å². The molecule has 0 aliphatic carbocycles. The Labute approximate surface area is 112 Å². The molecule has 2 fully saturated rings. The van der Waals surface area contributed by atoms with E-state index in [2.05, 4.69) is 9.97 Å². The summed E-state index contributed by atoms with van der Waals surface area (Å²) in [5.41, 5.74) is -0.720. The first-order chi connectivity index (χ1) is 9.07. The summed E-state index contributed by atoms with van der Waals surface area (Å²) in [6.07, 6.45) is 5.18. The SMILES string of the molecule is CC1(O)CN(C(=O)C2CCCN2c2ncccn2)C1. The quantitative estimate of drug-likeness (QED) is 0.815. The molecule has 1 N–H and O–H groups in total. The number of carbonyl (C=O) groups excluding carboxylic acids is 1. The van der Waals surface area contributed by atoms with Crippen LogP contribution in [0.15, 0.2) is 18.5 Å². The van der Waals surface area contributed by atoms with Crippen molar-refractivity contribution in [3.05, 3.63) is 18.5 Å². The maximum atomic E-state index is 12.4. The van der Waals surface area contributed by atoms with E-state index in [-0.39, 0.29) is 11.9 Å². The van der Waals surface area contributed by atoms with Crippen molar-refractivity contribution >= 4 is 11.9 Å². The van der Waals surface area contributed by atoms with Gasteiger partial charge < -0.3 is 14.9 Å². The summed E-state index contributed by atoms with van der Waals surface area (Å²) < 4.78 is 0. The summed E-state index contributed by atoms with van der Waals surface area (Å²) in [6, 6.07) is 1.58. The lowest BCUT2D eigenvalue weighted by Crippen LogP contribution is -2.64. The van der Waals surface area contributed by atoms with Crippen molar-refractivity contribution in [3.8, 4) is 0 Å². The van der Waals surface area contributed by atoms with E-state index in [1.807, 2.05) is 4.90 Å². The maximum absolute atomic E-state index is 12.4. The van der Waals surface area contributed by atoms with Crippen LogP contribution in [0.4, 0.5) is 5.95 Å². The minimum atomic E-state index is -0.720. The predicted molar refractivity (Wildman–Crippen MR) is 69.6 cm³/mol. The Balaban J connectivity index is 1.72. The highest BCUT2D eigenvalue weighted by Gasteiger charge is 2.44. The summed E-state index contributed by atoms with van der Waals surface area (Å²) in [5, 5.41) is 9.73. The Hall–Kier alpha value is -1.69. The molecular weight excluding hydrogens is 244 g/mol. The molecular formula is C13H18N4O2. The molecule has 19 heavy (non-hydrogen) atoms. The van der Waals surface area contributed by atoms with Gasteiger partial charge in [0, 0.05) is 18.9 Å². The number of anilines is 1. The summed E-state index contributed by atoms with van der Waals surface area (Å²) in [7, 11) is 0. The Morgan fingerprint density at radius 2 is 2.11 bits per heavy atom. The number of rotatable bonds is 2. The fraction of sp³-hybridized carbons (Fsp3) is 0.615. The van der Waals surface area contributed by atoms with Crippen LogP contribution in [0.1, 0.15) is 19.8 Å². The summed E-state index contributed by atoms with van der Waals surface area (Å²) in [5.74, 6) is 0.696. The van der Waals surface area contributed by atoms with Gasteiger partial charge in [0.25, 0.3) is 0 Å². The summed E-state index contributed by atoms with van der Waals surface area (Å²) >= 11 is 0. The second-order valence-corrected chi connectivity index (χ2v) is 5.59. The number of nitrogens with zero attached hydrogens (tertiary/aromatic N) is 4. The van der Waals surface area contributed by atoms with E-state index in [0.717, 1.165) is 19.4 Å². The van der Waals surface area contributed by atoms with Crippen molar-refractivity contribution in [2.45, 2.75) is 31.4 Å². The van der Waals surface area contributed by atoms with E-state index in [1.165, 1.54) is 0 Å². The zero-order chi connectivity index (χ0) is 13.5. The zero-order valence-corrected chi connectivity index (χ0v) is 11.0. The normalized spacial score (nSPS) is 25.3. The largest absolute Gasteiger partial charge is 0.386 e. The zero-order valence-electron chi connectivity index (χ0n) is 11.0. The van der Waals surface area contributed by atoms with Crippen LogP contribution in [0, 0.1) is 0 Å². The van der Waals surface area contributed by atoms with Gasteiger partial charge in [0.2, 0.25) is 11.9 Å². The second kappa shape index (κ2) is 4.45. The summed E-state index contributed by atoms with van der Waals surface area (Å²) in [4.78, 5) is 24.5. The molecule has 2 saturated heterocycles. The number of carbonyl (C=O) groups is 1. The Kier molecular flexibility index (Phi) is 2.89. The molecule has 1 unspecified atom stereocenters. The lowest BCUT2D eigenvalue weighted by atomic mass is 9.95. The highest BCUT2D eigenvalue weighted by Crippen LogP contribution is 2.27. The van der Waals surface area contributed by atoms with Crippen LogP contribution in [0.5, 0.6) is 0 Å². The van der Waals surface area contributed by atoms with Crippen LogP contribution in [-0.2, 0) is 4.79 Å². The van der Waals surface area contributed by atoms with E-state index >= 15 is 0 Å². The van der Waals surface area contributed by atoms with Crippen molar-refractivity contribution in [1.82, 2.24) is 14.9 Å². The molecule has 6 heteroatoms. The number of aliphatic hydroxyl groups is 1. The van der Waals surface area contributed by atoms with Crippen molar-refractivity contribution in [2.24, 2.45) is 0 Å². The molecule has 2 aliphatic heterocycles. The van der Waals surface area contributed by atoms with Crippen LogP contribution in [0.3, 0.4) is 0 Å². The van der Waals surface area contributed by atoms with Gasteiger partial charge in [-0.3, -0.25) is 4.79 Å². The van der Waals surface area contributed by atoms with Crippen LogP contribution >= 0.6 is 0 Å². The Morgan fingerprint density at radius 1 is 1.42 bits per heavy atom. The van der Waals surface area contributed by atoms with E-state index in [9.17, 15) is 9.90 Å². The number of β-amino-alcohol motifs (C(OH)–C–C–N with tert-alkyl or cyclic N) is 1. The van der Waals surface area contributed by atoms with E-state index in [4.69, 9.17) is 0 Å². The molecule has 2 aliphatic rings. The van der Waals surface area contributed by atoms with Gasteiger partial charge in [-0.2, -0.15) is 0 Å². The fourth-order valence-corrected chi connectivity index (χ4v) is 2.84. The first-order valence-corrected chi connectivity index (χ1v) is 6.62. The van der Waals surface area contributed by atoms with E-state index < -0.39 is 5.60 Å².